The summed E-state index contributed by atoms with van der Waals surface area (Å²) < 4.78 is 5.53. The van der Waals surface area contributed by atoms with E-state index in [2.05, 4.69) is 50.4 Å². The van der Waals surface area contributed by atoms with Crippen LogP contribution in [0, 0.1) is 0 Å². The van der Waals surface area contributed by atoms with Gasteiger partial charge in [0.05, 0.1) is 6.61 Å². The smallest absolute Gasteiger partial charge is 0.119 e. The lowest BCUT2D eigenvalue weighted by atomic mass is 9.95. The number of rotatable bonds is 6. The molecule has 0 aliphatic carbocycles. The third kappa shape index (κ3) is 4.87. The third-order valence-electron chi connectivity index (χ3n) is 3.24. The molecule has 0 saturated heterocycles. The van der Waals surface area contributed by atoms with E-state index in [1.807, 2.05) is 30.4 Å². The van der Waals surface area contributed by atoms with E-state index >= 15 is 0 Å². The molecule has 0 saturated carbocycles. The van der Waals surface area contributed by atoms with Crippen LogP contribution in [0.2, 0.25) is 0 Å². The van der Waals surface area contributed by atoms with Crippen LogP contribution in [-0.2, 0) is 18.5 Å². The van der Waals surface area contributed by atoms with Gasteiger partial charge in [-0.25, -0.2) is 0 Å². The number of nitrogens with one attached hydrogen (secondary N) is 1. The van der Waals surface area contributed by atoms with Crippen molar-refractivity contribution >= 4 is 11.3 Å². The molecule has 0 aliphatic heterocycles. The number of benzene rings is 1. The molecular weight excluding hydrogens is 278 g/mol. The highest BCUT2D eigenvalue weighted by Crippen LogP contribution is 2.29. The summed E-state index contributed by atoms with van der Waals surface area (Å²) in [6, 6.07) is 12.8. The molecular formula is C18H25NOS. The maximum atomic E-state index is 5.53. The van der Waals surface area contributed by atoms with Crippen molar-refractivity contribution in [2.45, 2.75) is 46.2 Å². The van der Waals surface area contributed by atoms with Crippen LogP contribution in [0.25, 0.3) is 0 Å². The average molecular weight is 303 g/mol. The van der Waals surface area contributed by atoms with Crippen molar-refractivity contribution in [1.29, 1.82) is 0 Å². The molecule has 2 nitrogen and oxygen atoms in total. The lowest BCUT2D eigenvalue weighted by molar-refractivity contribution is 0.340. The molecule has 2 aromatic rings. The molecule has 2 rings (SSSR count). The van der Waals surface area contributed by atoms with E-state index in [1.54, 1.807) is 0 Å². The first-order valence-electron chi connectivity index (χ1n) is 7.50. The van der Waals surface area contributed by atoms with Gasteiger partial charge in [-0.05, 0) is 42.2 Å². The van der Waals surface area contributed by atoms with E-state index in [1.165, 1.54) is 15.3 Å². The Hall–Kier alpha value is -1.32. The maximum Gasteiger partial charge on any atom is 0.119 e. The summed E-state index contributed by atoms with van der Waals surface area (Å²) in [6.07, 6.45) is 0. The van der Waals surface area contributed by atoms with Crippen LogP contribution in [0.1, 0.15) is 43.0 Å². The number of hydrogen-bond donors (Lipinski definition) is 1. The van der Waals surface area contributed by atoms with E-state index < -0.39 is 0 Å². The fourth-order valence-corrected chi connectivity index (χ4v) is 3.15. The molecule has 3 heteroatoms. The number of thiophene rings is 1. The van der Waals surface area contributed by atoms with E-state index in [0.717, 1.165) is 18.8 Å². The molecule has 21 heavy (non-hydrogen) atoms. The van der Waals surface area contributed by atoms with Crippen LogP contribution < -0.4 is 10.1 Å². The van der Waals surface area contributed by atoms with Crippen molar-refractivity contribution in [2.24, 2.45) is 0 Å². The lowest BCUT2D eigenvalue weighted by Crippen LogP contribution is -2.12. The van der Waals surface area contributed by atoms with Gasteiger partial charge in [0.25, 0.3) is 0 Å². The zero-order valence-electron chi connectivity index (χ0n) is 13.4. The van der Waals surface area contributed by atoms with Crippen LogP contribution in [0.15, 0.2) is 36.4 Å². The Labute approximate surface area is 132 Å². The van der Waals surface area contributed by atoms with E-state index in [-0.39, 0.29) is 5.41 Å². The molecule has 1 aromatic carbocycles. The predicted octanol–water partition coefficient (Wildman–Crippen LogP) is 4.73. The summed E-state index contributed by atoms with van der Waals surface area (Å²) >= 11 is 1.90. The van der Waals surface area contributed by atoms with Crippen molar-refractivity contribution in [2.75, 3.05) is 6.61 Å². The minimum Gasteiger partial charge on any atom is -0.494 e. The zero-order valence-corrected chi connectivity index (χ0v) is 14.2. The van der Waals surface area contributed by atoms with Gasteiger partial charge in [-0.15, -0.1) is 11.3 Å². The van der Waals surface area contributed by atoms with Gasteiger partial charge < -0.3 is 10.1 Å². The summed E-state index contributed by atoms with van der Waals surface area (Å²) in [4.78, 5) is 2.83. The third-order valence-corrected chi connectivity index (χ3v) is 4.75. The molecule has 0 amide bonds. The molecule has 1 N–H and O–H groups in total. The standard InChI is InChI=1S/C18H25NOS/c1-5-20-15-8-6-7-14(11-15)12-19-13-16-9-10-17(21-16)18(2,3)4/h6-11,19H,5,12-13H2,1-4H3. The Balaban J connectivity index is 1.87. The Bertz CT molecular complexity index is 569. The summed E-state index contributed by atoms with van der Waals surface area (Å²) in [6.45, 7) is 11.3. The normalized spacial score (nSPS) is 11.6. The van der Waals surface area contributed by atoms with Crippen molar-refractivity contribution in [3.63, 3.8) is 0 Å². The minimum atomic E-state index is 0.245. The molecule has 114 valence electrons. The highest BCUT2D eigenvalue weighted by Gasteiger charge is 2.15. The van der Waals surface area contributed by atoms with Crippen LogP contribution in [0.3, 0.4) is 0 Å². The molecule has 0 bridgehead atoms. The minimum absolute atomic E-state index is 0.245. The Morgan fingerprint density at radius 3 is 2.57 bits per heavy atom. The average Bonchev–Trinajstić information content (AvgIpc) is 2.88. The van der Waals surface area contributed by atoms with Crippen LogP contribution in [-0.4, -0.2) is 6.61 Å². The second-order valence-corrected chi connectivity index (χ2v) is 7.37. The first kappa shape index (κ1) is 16.1. The van der Waals surface area contributed by atoms with Gasteiger partial charge in [-0.2, -0.15) is 0 Å². The molecule has 0 aliphatic rings. The Kier molecular flexibility index (Phi) is 5.43. The van der Waals surface area contributed by atoms with Crippen molar-refractivity contribution in [3.05, 3.63) is 51.7 Å². The molecule has 1 aromatic heterocycles. The molecule has 0 unspecified atom stereocenters. The predicted molar refractivity (Wildman–Crippen MR) is 91.2 cm³/mol. The summed E-state index contributed by atoms with van der Waals surface area (Å²) in [7, 11) is 0. The van der Waals surface area contributed by atoms with Crippen molar-refractivity contribution < 1.29 is 4.74 Å². The second-order valence-electron chi connectivity index (χ2n) is 6.20. The Morgan fingerprint density at radius 2 is 1.90 bits per heavy atom. The van der Waals surface area contributed by atoms with Gasteiger partial charge in [0.15, 0.2) is 0 Å². The van der Waals surface area contributed by atoms with Crippen LogP contribution in [0.5, 0.6) is 5.75 Å². The van der Waals surface area contributed by atoms with Crippen molar-refractivity contribution in [1.82, 2.24) is 5.32 Å². The fourth-order valence-electron chi connectivity index (χ4n) is 2.12. The van der Waals surface area contributed by atoms with Gasteiger partial charge in [-0.1, -0.05) is 32.9 Å². The molecule has 0 spiro atoms. The second kappa shape index (κ2) is 7.10. The topological polar surface area (TPSA) is 21.3 Å². The SMILES string of the molecule is CCOc1cccc(CNCc2ccc(C(C)(C)C)s2)c1. The first-order chi connectivity index (χ1) is 9.99. The molecule has 0 radical (unpaired) electrons. The summed E-state index contributed by atoms with van der Waals surface area (Å²) in [5.41, 5.74) is 1.50. The Morgan fingerprint density at radius 1 is 1.10 bits per heavy atom. The summed E-state index contributed by atoms with van der Waals surface area (Å²) in [5, 5.41) is 3.51. The van der Waals surface area contributed by atoms with E-state index in [9.17, 15) is 0 Å². The number of ether oxygens (including phenoxy) is 1. The highest BCUT2D eigenvalue weighted by atomic mass is 32.1. The van der Waals surface area contributed by atoms with Gasteiger partial charge in [0, 0.05) is 22.8 Å². The zero-order chi connectivity index (χ0) is 15.3. The van der Waals surface area contributed by atoms with Crippen LogP contribution in [0.4, 0.5) is 0 Å². The highest BCUT2D eigenvalue weighted by molar-refractivity contribution is 7.12. The lowest BCUT2D eigenvalue weighted by Gasteiger charge is -2.15. The molecule has 0 fully saturated rings. The largest absolute Gasteiger partial charge is 0.494 e. The van der Waals surface area contributed by atoms with Gasteiger partial charge in [0.2, 0.25) is 0 Å². The molecule has 0 atom stereocenters. The quantitative estimate of drug-likeness (QED) is 0.832. The molecule has 1 heterocycles. The van der Waals surface area contributed by atoms with Crippen LogP contribution >= 0.6 is 11.3 Å². The monoisotopic (exact) mass is 303 g/mol. The van der Waals surface area contributed by atoms with Crippen molar-refractivity contribution in [3.8, 4) is 5.75 Å². The van der Waals surface area contributed by atoms with Gasteiger partial charge in [-0.3, -0.25) is 0 Å². The number of hydrogen-bond acceptors (Lipinski definition) is 3. The van der Waals surface area contributed by atoms with Gasteiger partial charge >= 0.3 is 0 Å². The van der Waals surface area contributed by atoms with Gasteiger partial charge in [0.1, 0.15) is 5.75 Å². The van der Waals surface area contributed by atoms with E-state index in [4.69, 9.17) is 4.74 Å². The first-order valence-corrected chi connectivity index (χ1v) is 8.32. The summed E-state index contributed by atoms with van der Waals surface area (Å²) in [5.74, 6) is 0.947. The maximum absolute atomic E-state index is 5.53. The fraction of sp³-hybridized carbons (Fsp3) is 0.444. The van der Waals surface area contributed by atoms with E-state index in [0.29, 0.717) is 6.61 Å².